The summed E-state index contributed by atoms with van der Waals surface area (Å²) < 4.78 is 20.8. The molecule has 0 bridgehead atoms. The fourth-order valence-electron chi connectivity index (χ4n) is 0.886. The molecule has 1 saturated heterocycles. The SMILES string of the molecule is [O]=[Ti](=[O])[CH]1CCCP1. The third kappa shape index (κ3) is 1.61. The summed E-state index contributed by atoms with van der Waals surface area (Å²) in [5.41, 5.74) is 0. The second kappa shape index (κ2) is 3.05. The molecule has 0 N–H and O–H groups in total. The standard InChI is InChI=1S/C4H8P.2O.Ti/c1-2-4-5-3-1;;;/h3,5H,1-2,4H2;;;. The van der Waals surface area contributed by atoms with Gasteiger partial charge in [0.25, 0.3) is 0 Å². The average molecular weight is 167 g/mol. The molecular formula is C4H8O2PTi. The van der Waals surface area contributed by atoms with E-state index in [0.717, 1.165) is 27.6 Å². The van der Waals surface area contributed by atoms with Crippen LogP contribution in [0.2, 0.25) is 0 Å². The van der Waals surface area contributed by atoms with Crippen molar-refractivity contribution in [3.05, 3.63) is 0 Å². The predicted molar refractivity (Wildman–Crippen MR) is 27.6 cm³/mol. The summed E-state index contributed by atoms with van der Waals surface area (Å²) in [4.78, 5) is 0. The van der Waals surface area contributed by atoms with Crippen LogP contribution in [0.1, 0.15) is 12.8 Å². The van der Waals surface area contributed by atoms with Crippen molar-refractivity contribution in [1.29, 1.82) is 0 Å². The molecule has 0 amide bonds. The monoisotopic (exact) mass is 167 g/mol. The van der Waals surface area contributed by atoms with Crippen LogP contribution in [0.25, 0.3) is 0 Å². The summed E-state index contributed by atoms with van der Waals surface area (Å²) in [5.74, 6) is 0. The van der Waals surface area contributed by atoms with Crippen LogP contribution in [-0.4, -0.2) is 10.1 Å². The quantitative estimate of drug-likeness (QED) is 0.432. The van der Waals surface area contributed by atoms with Gasteiger partial charge in [0.1, 0.15) is 0 Å². The van der Waals surface area contributed by atoms with E-state index in [1.165, 1.54) is 0 Å². The Morgan fingerprint density at radius 3 is 2.50 bits per heavy atom. The van der Waals surface area contributed by atoms with E-state index in [1.54, 1.807) is 0 Å². The van der Waals surface area contributed by atoms with Gasteiger partial charge < -0.3 is 0 Å². The fourth-order valence-corrected chi connectivity index (χ4v) is 4.36. The third-order valence-electron chi connectivity index (χ3n) is 1.34. The van der Waals surface area contributed by atoms with E-state index in [0.29, 0.717) is 0 Å². The molecule has 1 fully saturated rings. The molecule has 0 aromatic heterocycles. The minimum absolute atomic E-state index is 0.148. The molecule has 1 rings (SSSR count). The molecule has 0 saturated carbocycles. The van der Waals surface area contributed by atoms with Crippen LogP contribution in [-0.2, 0) is 24.5 Å². The van der Waals surface area contributed by atoms with E-state index in [1.807, 2.05) is 0 Å². The van der Waals surface area contributed by atoms with Gasteiger partial charge in [-0.05, 0) is 0 Å². The minimum atomic E-state index is -2.94. The van der Waals surface area contributed by atoms with E-state index in [2.05, 4.69) is 0 Å². The molecule has 1 aliphatic rings. The summed E-state index contributed by atoms with van der Waals surface area (Å²) in [7, 11) is 0.729. The third-order valence-corrected chi connectivity index (χ3v) is 6.04. The van der Waals surface area contributed by atoms with Crippen molar-refractivity contribution >= 4 is 8.58 Å². The van der Waals surface area contributed by atoms with Crippen molar-refractivity contribution in [3.8, 4) is 0 Å². The zero-order valence-corrected chi connectivity index (χ0v) is 7.08. The molecule has 45 valence electrons. The van der Waals surface area contributed by atoms with E-state index < -0.39 is 17.8 Å². The Bertz CT molecular complexity index is 129. The number of hydrogen-bond acceptors (Lipinski definition) is 2. The van der Waals surface area contributed by atoms with Crippen LogP contribution >= 0.6 is 8.58 Å². The van der Waals surface area contributed by atoms with Crippen LogP contribution in [0, 0.1) is 0 Å². The van der Waals surface area contributed by atoms with Crippen LogP contribution in [0.3, 0.4) is 0 Å². The summed E-state index contributed by atoms with van der Waals surface area (Å²) in [5, 5.41) is 0. The van der Waals surface area contributed by atoms with E-state index >= 15 is 0 Å². The zero-order chi connectivity index (χ0) is 5.98. The van der Waals surface area contributed by atoms with Gasteiger partial charge >= 0.3 is 56.0 Å². The predicted octanol–water partition coefficient (Wildman–Crippen LogP) is 1.09. The maximum absolute atomic E-state index is 10.3. The van der Waals surface area contributed by atoms with Gasteiger partial charge in [-0.1, -0.05) is 0 Å². The van der Waals surface area contributed by atoms with E-state index in [4.69, 9.17) is 0 Å². The van der Waals surface area contributed by atoms with Gasteiger partial charge in [0.05, 0.1) is 0 Å². The Kier molecular flexibility index (Phi) is 2.62. The van der Waals surface area contributed by atoms with Crippen molar-refractivity contribution in [2.45, 2.75) is 16.8 Å². The van der Waals surface area contributed by atoms with Gasteiger partial charge in [-0.25, -0.2) is 0 Å². The Morgan fingerprint density at radius 2 is 2.25 bits per heavy atom. The molecule has 2 nitrogen and oxygen atoms in total. The first kappa shape index (κ1) is 6.86. The van der Waals surface area contributed by atoms with E-state index in [9.17, 15) is 6.65 Å². The Morgan fingerprint density at radius 1 is 1.50 bits per heavy atom. The number of hydrogen-bond donors (Lipinski definition) is 0. The molecule has 4 heteroatoms. The van der Waals surface area contributed by atoms with Crippen molar-refractivity contribution < 1.29 is 24.5 Å². The molecule has 0 radical (unpaired) electrons. The fraction of sp³-hybridized carbons (Fsp3) is 1.00. The average Bonchev–Trinajstić information content (AvgIpc) is 2.12. The van der Waals surface area contributed by atoms with Crippen molar-refractivity contribution in [2.75, 3.05) is 6.16 Å². The molecular weight excluding hydrogens is 159 g/mol. The van der Waals surface area contributed by atoms with Gasteiger partial charge in [-0.15, -0.1) is 0 Å². The van der Waals surface area contributed by atoms with Crippen molar-refractivity contribution in [1.82, 2.24) is 0 Å². The molecule has 0 spiro atoms. The second-order valence-electron chi connectivity index (χ2n) is 1.97. The molecule has 2 atom stereocenters. The molecule has 0 aromatic carbocycles. The van der Waals surface area contributed by atoms with Crippen molar-refractivity contribution in [3.63, 3.8) is 0 Å². The molecule has 0 aromatic rings. The second-order valence-corrected chi connectivity index (χ2v) is 6.56. The Balaban J connectivity index is 2.47. The maximum atomic E-state index is 10.3. The van der Waals surface area contributed by atoms with Crippen LogP contribution in [0.5, 0.6) is 0 Å². The van der Waals surface area contributed by atoms with Gasteiger partial charge in [-0.3, -0.25) is 0 Å². The summed E-state index contributed by atoms with van der Waals surface area (Å²) in [6.07, 6.45) is 3.26. The van der Waals surface area contributed by atoms with Gasteiger partial charge in [-0.2, -0.15) is 0 Å². The van der Waals surface area contributed by atoms with Gasteiger partial charge in [0, 0.05) is 0 Å². The van der Waals surface area contributed by atoms with Gasteiger partial charge in [0.15, 0.2) is 0 Å². The molecule has 0 aliphatic carbocycles. The summed E-state index contributed by atoms with van der Waals surface area (Å²) in [6, 6.07) is 0. The topological polar surface area (TPSA) is 34.1 Å². The first-order valence-electron chi connectivity index (χ1n) is 2.75. The Hall–Kier alpha value is 0.744. The zero-order valence-electron chi connectivity index (χ0n) is 4.52. The molecule has 8 heavy (non-hydrogen) atoms. The molecule has 2 unspecified atom stereocenters. The van der Waals surface area contributed by atoms with Crippen LogP contribution in [0.15, 0.2) is 0 Å². The van der Waals surface area contributed by atoms with E-state index in [-0.39, 0.29) is 3.96 Å². The first-order valence-corrected chi connectivity index (χ1v) is 6.21. The van der Waals surface area contributed by atoms with Crippen LogP contribution < -0.4 is 0 Å². The molecule has 1 aliphatic heterocycles. The summed E-state index contributed by atoms with van der Waals surface area (Å²) >= 11 is -2.94. The molecule has 1 heterocycles. The van der Waals surface area contributed by atoms with Crippen molar-refractivity contribution in [2.24, 2.45) is 0 Å². The Labute approximate surface area is 56.3 Å². The van der Waals surface area contributed by atoms with Crippen LogP contribution in [0.4, 0.5) is 0 Å². The summed E-state index contributed by atoms with van der Waals surface area (Å²) in [6.45, 7) is 0. The first-order chi connectivity index (χ1) is 3.80. The van der Waals surface area contributed by atoms with Gasteiger partial charge in [0.2, 0.25) is 0 Å². The number of rotatable bonds is 1. The normalized spacial score (nSPS) is 31.2.